The molecule has 0 spiro atoms. The van der Waals surface area contributed by atoms with Crippen LogP contribution < -0.4 is 19.5 Å². The number of carbonyl (C=O) groups excluding carboxylic acids is 1. The monoisotopic (exact) mass is 438 g/mol. The van der Waals surface area contributed by atoms with Gasteiger partial charge >= 0.3 is 0 Å². The first kappa shape index (κ1) is 22.5. The Bertz CT molecular complexity index is 911. The minimum atomic E-state index is -0.0855. The molecular weight excluding hydrogens is 404 g/mol. The van der Waals surface area contributed by atoms with Crippen molar-refractivity contribution < 1.29 is 19.0 Å². The van der Waals surface area contributed by atoms with E-state index in [9.17, 15) is 4.79 Å². The lowest BCUT2D eigenvalue weighted by Crippen LogP contribution is -2.44. The van der Waals surface area contributed by atoms with Gasteiger partial charge in [-0.1, -0.05) is 12.1 Å². The number of benzene rings is 2. The molecule has 0 unspecified atom stereocenters. The van der Waals surface area contributed by atoms with E-state index in [1.54, 1.807) is 32.4 Å². The van der Waals surface area contributed by atoms with E-state index in [2.05, 4.69) is 28.4 Å². The summed E-state index contributed by atoms with van der Waals surface area (Å²) in [5.41, 5.74) is 3.22. The zero-order valence-electron chi connectivity index (χ0n) is 19.4. The van der Waals surface area contributed by atoms with Crippen LogP contribution in [0.5, 0.6) is 17.2 Å². The first-order valence-electron chi connectivity index (χ1n) is 11.6. The van der Waals surface area contributed by atoms with Crippen molar-refractivity contribution in [3.05, 3.63) is 53.1 Å². The van der Waals surface area contributed by atoms with E-state index in [1.807, 2.05) is 6.92 Å². The maximum atomic E-state index is 12.8. The van der Waals surface area contributed by atoms with Crippen molar-refractivity contribution in [2.24, 2.45) is 0 Å². The standard InChI is InChI=1S/C26H34N2O4/c1-4-32-25-13-18(5-8-24(25)19-6-7-19)17-28-11-9-21(10-12-28)27-26(29)20-14-22(30-2)16-23(15-20)31-3/h5,8,13-16,19,21H,4,6-7,9-12,17H2,1-3H3,(H,27,29). The summed E-state index contributed by atoms with van der Waals surface area (Å²) in [4.78, 5) is 15.2. The van der Waals surface area contributed by atoms with Crippen LogP contribution in [-0.2, 0) is 6.54 Å². The Morgan fingerprint density at radius 2 is 1.69 bits per heavy atom. The summed E-state index contributed by atoms with van der Waals surface area (Å²) in [6, 6.07) is 12.2. The van der Waals surface area contributed by atoms with Crippen molar-refractivity contribution >= 4 is 5.91 Å². The minimum Gasteiger partial charge on any atom is -0.497 e. The molecule has 2 aromatic carbocycles. The normalized spacial score (nSPS) is 17.1. The molecule has 6 heteroatoms. The maximum Gasteiger partial charge on any atom is 0.251 e. The first-order valence-corrected chi connectivity index (χ1v) is 11.6. The number of nitrogens with zero attached hydrogens (tertiary/aromatic N) is 1. The Balaban J connectivity index is 1.31. The third kappa shape index (κ3) is 5.54. The molecule has 1 N–H and O–H groups in total. The Hall–Kier alpha value is -2.73. The highest BCUT2D eigenvalue weighted by Gasteiger charge is 2.27. The zero-order chi connectivity index (χ0) is 22.5. The fourth-order valence-electron chi connectivity index (χ4n) is 4.39. The first-order chi connectivity index (χ1) is 15.6. The highest BCUT2D eigenvalue weighted by Crippen LogP contribution is 2.44. The average Bonchev–Trinajstić information content (AvgIpc) is 3.65. The molecule has 4 rings (SSSR count). The largest absolute Gasteiger partial charge is 0.497 e. The lowest BCUT2D eigenvalue weighted by atomic mass is 10.0. The van der Waals surface area contributed by atoms with Crippen LogP contribution in [0.4, 0.5) is 0 Å². The molecule has 0 bridgehead atoms. The number of amides is 1. The van der Waals surface area contributed by atoms with Gasteiger partial charge in [0.25, 0.3) is 5.91 Å². The molecule has 2 aromatic rings. The highest BCUT2D eigenvalue weighted by molar-refractivity contribution is 5.95. The average molecular weight is 439 g/mol. The van der Waals surface area contributed by atoms with Crippen LogP contribution in [0, 0.1) is 0 Å². The third-order valence-electron chi connectivity index (χ3n) is 6.34. The van der Waals surface area contributed by atoms with Gasteiger partial charge in [-0.2, -0.15) is 0 Å². The van der Waals surface area contributed by atoms with Crippen molar-refractivity contribution in [2.45, 2.75) is 51.1 Å². The van der Waals surface area contributed by atoms with E-state index in [1.165, 1.54) is 24.0 Å². The molecule has 0 radical (unpaired) electrons. The molecular formula is C26H34N2O4. The number of methoxy groups -OCH3 is 2. The van der Waals surface area contributed by atoms with Crippen LogP contribution in [0.15, 0.2) is 36.4 Å². The third-order valence-corrected chi connectivity index (χ3v) is 6.34. The van der Waals surface area contributed by atoms with Crippen LogP contribution >= 0.6 is 0 Å². The number of hydrogen-bond donors (Lipinski definition) is 1. The molecule has 2 aliphatic rings. The molecule has 1 aliphatic carbocycles. The molecule has 1 saturated heterocycles. The summed E-state index contributed by atoms with van der Waals surface area (Å²) in [7, 11) is 3.17. The summed E-state index contributed by atoms with van der Waals surface area (Å²) in [6.45, 7) is 5.58. The van der Waals surface area contributed by atoms with Crippen molar-refractivity contribution in [1.82, 2.24) is 10.2 Å². The van der Waals surface area contributed by atoms with E-state index < -0.39 is 0 Å². The van der Waals surface area contributed by atoms with E-state index in [-0.39, 0.29) is 11.9 Å². The lowest BCUT2D eigenvalue weighted by Gasteiger charge is -2.32. The van der Waals surface area contributed by atoms with Gasteiger partial charge in [-0.25, -0.2) is 0 Å². The van der Waals surface area contributed by atoms with E-state index in [0.717, 1.165) is 38.2 Å². The van der Waals surface area contributed by atoms with Gasteiger partial charge in [-0.05, 0) is 67.9 Å². The topological polar surface area (TPSA) is 60.0 Å². The number of ether oxygens (including phenoxy) is 3. The minimum absolute atomic E-state index is 0.0855. The molecule has 1 amide bonds. The van der Waals surface area contributed by atoms with Crippen LogP contribution in [0.3, 0.4) is 0 Å². The molecule has 1 saturated carbocycles. The summed E-state index contributed by atoms with van der Waals surface area (Å²) < 4.78 is 16.5. The summed E-state index contributed by atoms with van der Waals surface area (Å²) in [5, 5.41) is 3.18. The molecule has 1 aliphatic heterocycles. The molecule has 6 nitrogen and oxygen atoms in total. The van der Waals surface area contributed by atoms with Crippen LogP contribution in [-0.4, -0.2) is 50.8 Å². The van der Waals surface area contributed by atoms with Crippen LogP contribution in [0.25, 0.3) is 0 Å². The van der Waals surface area contributed by atoms with Gasteiger partial charge in [0.1, 0.15) is 17.2 Å². The number of carbonyl (C=O) groups is 1. The van der Waals surface area contributed by atoms with Crippen molar-refractivity contribution in [1.29, 1.82) is 0 Å². The Morgan fingerprint density at radius 3 is 2.28 bits per heavy atom. The predicted molar refractivity (Wildman–Crippen MR) is 125 cm³/mol. The number of piperidine rings is 1. The molecule has 172 valence electrons. The smallest absolute Gasteiger partial charge is 0.251 e. The van der Waals surface area contributed by atoms with Gasteiger partial charge < -0.3 is 19.5 Å². The summed E-state index contributed by atoms with van der Waals surface area (Å²) in [6.07, 6.45) is 4.43. The molecule has 32 heavy (non-hydrogen) atoms. The van der Waals surface area contributed by atoms with Crippen molar-refractivity contribution in [3.63, 3.8) is 0 Å². The van der Waals surface area contributed by atoms with E-state index >= 15 is 0 Å². The lowest BCUT2D eigenvalue weighted by molar-refractivity contribution is 0.0908. The van der Waals surface area contributed by atoms with Crippen molar-refractivity contribution in [3.8, 4) is 17.2 Å². The Kier molecular flexibility index (Phi) is 7.20. The second-order valence-electron chi connectivity index (χ2n) is 8.70. The fourth-order valence-corrected chi connectivity index (χ4v) is 4.39. The van der Waals surface area contributed by atoms with Gasteiger partial charge in [0.05, 0.1) is 20.8 Å². The van der Waals surface area contributed by atoms with Gasteiger partial charge in [-0.15, -0.1) is 0 Å². The fraction of sp³-hybridized carbons (Fsp3) is 0.500. The number of likely N-dealkylation sites (tertiary alicyclic amines) is 1. The van der Waals surface area contributed by atoms with Crippen molar-refractivity contribution in [2.75, 3.05) is 33.9 Å². The van der Waals surface area contributed by atoms with Gasteiger partial charge in [-0.3, -0.25) is 9.69 Å². The zero-order valence-corrected chi connectivity index (χ0v) is 19.4. The van der Waals surface area contributed by atoms with Crippen LogP contribution in [0.1, 0.15) is 60.0 Å². The second kappa shape index (κ2) is 10.3. The molecule has 1 heterocycles. The Labute approximate surface area is 190 Å². The van der Waals surface area contributed by atoms with Crippen LogP contribution in [0.2, 0.25) is 0 Å². The predicted octanol–water partition coefficient (Wildman–Crippen LogP) is 4.37. The van der Waals surface area contributed by atoms with Gasteiger partial charge in [0.15, 0.2) is 0 Å². The van der Waals surface area contributed by atoms with E-state index in [0.29, 0.717) is 29.6 Å². The van der Waals surface area contributed by atoms with Gasteiger partial charge in [0, 0.05) is 37.3 Å². The molecule has 0 aromatic heterocycles. The van der Waals surface area contributed by atoms with Gasteiger partial charge in [0.2, 0.25) is 0 Å². The number of rotatable bonds is 9. The molecule has 0 atom stereocenters. The maximum absolute atomic E-state index is 12.8. The number of nitrogens with one attached hydrogen (secondary N) is 1. The van der Waals surface area contributed by atoms with E-state index in [4.69, 9.17) is 14.2 Å². The highest BCUT2D eigenvalue weighted by atomic mass is 16.5. The summed E-state index contributed by atoms with van der Waals surface area (Å²) >= 11 is 0. The Morgan fingerprint density at radius 1 is 1.00 bits per heavy atom. The summed E-state index contributed by atoms with van der Waals surface area (Å²) in [5.74, 6) is 2.89. The number of hydrogen-bond acceptors (Lipinski definition) is 5. The second-order valence-corrected chi connectivity index (χ2v) is 8.70. The SMILES string of the molecule is CCOc1cc(CN2CCC(NC(=O)c3cc(OC)cc(OC)c3)CC2)ccc1C1CC1. The quantitative estimate of drug-likeness (QED) is 0.630. The molecule has 2 fully saturated rings.